The molecule has 0 aliphatic rings. The Bertz CT molecular complexity index is 445. The normalized spacial score (nSPS) is 15.0. The van der Waals surface area contributed by atoms with E-state index in [0.29, 0.717) is 6.42 Å². The van der Waals surface area contributed by atoms with E-state index in [1.165, 1.54) is 11.1 Å². The van der Waals surface area contributed by atoms with Gasteiger partial charge in [-0.05, 0) is 53.4 Å². The fourth-order valence-corrected chi connectivity index (χ4v) is 2.00. The van der Waals surface area contributed by atoms with Crippen LogP contribution in [-0.4, -0.2) is 15.2 Å². The molecule has 1 amide bonds. The molecule has 0 bridgehead atoms. The Hall–Kier alpha value is -0.440. The Kier molecular flexibility index (Phi) is 9.45. The van der Waals surface area contributed by atoms with E-state index >= 15 is 0 Å². The SMILES string of the molecule is C=CC(C)(CC/C=C(\C)CCC=C(C)C)NC(=O)C(Cl)(Cl)Cl. The second kappa shape index (κ2) is 9.64. The van der Waals surface area contributed by atoms with Crippen LogP contribution in [0.2, 0.25) is 0 Å². The Morgan fingerprint density at radius 2 is 1.73 bits per heavy atom. The maximum atomic E-state index is 11.8. The first-order chi connectivity index (χ1) is 10.00. The molecular weight excluding hydrogens is 341 g/mol. The molecule has 0 spiro atoms. The summed E-state index contributed by atoms with van der Waals surface area (Å²) in [6.07, 6.45) is 9.69. The summed E-state index contributed by atoms with van der Waals surface area (Å²) in [4.78, 5) is 11.8. The molecule has 0 saturated heterocycles. The first-order valence-corrected chi connectivity index (χ1v) is 8.45. The Morgan fingerprint density at radius 3 is 2.18 bits per heavy atom. The molecule has 126 valence electrons. The van der Waals surface area contributed by atoms with Gasteiger partial charge >= 0.3 is 0 Å². The maximum absolute atomic E-state index is 11.8. The average Bonchev–Trinajstić information content (AvgIpc) is 2.37. The van der Waals surface area contributed by atoms with Crippen LogP contribution in [0.5, 0.6) is 0 Å². The average molecular weight is 367 g/mol. The molecule has 0 aliphatic carbocycles. The number of carbonyl (C=O) groups is 1. The Morgan fingerprint density at radius 1 is 1.14 bits per heavy atom. The third kappa shape index (κ3) is 9.55. The number of halogens is 3. The molecule has 0 heterocycles. The van der Waals surface area contributed by atoms with Gasteiger partial charge in [0.25, 0.3) is 9.70 Å². The van der Waals surface area contributed by atoms with E-state index in [9.17, 15) is 4.79 Å². The van der Waals surface area contributed by atoms with Gasteiger partial charge in [-0.2, -0.15) is 0 Å². The van der Waals surface area contributed by atoms with Crippen LogP contribution in [0.4, 0.5) is 0 Å². The smallest absolute Gasteiger partial charge is 0.272 e. The van der Waals surface area contributed by atoms with Gasteiger partial charge < -0.3 is 5.32 Å². The highest BCUT2D eigenvalue weighted by Crippen LogP contribution is 2.28. The molecule has 0 rings (SSSR count). The van der Waals surface area contributed by atoms with Crippen molar-refractivity contribution in [3.8, 4) is 0 Å². The maximum Gasteiger partial charge on any atom is 0.272 e. The molecule has 0 aliphatic heterocycles. The second-order valence-corrected chi connectivity index (χ2v) is 8.26. The van der Waals surface area contributed by atoms with Crippen LogP contribution < -0.4 is 5.32 Å². The van der Waals surface area contributed by atoms with Crippen molar-refractivity contribution in [2.45, 2.75) is 62.7 Å². The molecule has 0 aromatic rings. The van der Waals surface area contributed by atoms with E-state index < -0.39 is 15.2 Å². The summed E-state index contributed by atoms with van der Waals surface area (Å²) in [5.74, 6) is -0.635. The van der Waals surface area contributed by atoms with Crippen LogP contribution in [0.1, 0.15) is 53.4 Å². The lowest BCUT2D eigenvalue weighted by molar-refractivity contribution is -0.121. The number of allylic oxidation sites excluding steroid dienone is 4. The van der Waals surface area contributed by atoms with Crippen molar-refractivity contribution in [3.63, 3.8) is 0 Å². The first kappa shape index (κ1) is 21.6. The predicted molar refractivity (Wildman–Crippen MR) is 98.7 cm³/mol. The highest BCUT2D eigenvalue weighted by atomic mass is 35.6. The van der Waals surface area contributed by atoms with Crippen LogP contribution in [0.25, 0.3) is 0 Å². The van der Waals surface area contributed by atoms with Gasteiger partial charge in [0.2, 0.25) is 0 Å². The van der Waals surface area contributed by atoms with Crippen molar-refractivity contribution in [2.75, 3.05) is 0 Å². The number of hydrogen-bond donors (Lipinski definition) is 1. The molecule has 1 N–H and O–H groups in total. The van der Waals surface area contributed by atoms with Crippen molar-refractivity contribution >= 4 is 40.7 Å². The number of amides is 1. The number of rotatable bonds is 8. The summed E-state index contributed by atoms with van der Waals surface area (Å²) in [5, 5.41) is 2.72. The minimum atomic E-state index is -1.96. The molecule has 5 heteroatoms. The van der Waals surface area contributed by atoms with Crippen LogP contribution >= 0.6 is 34.8 Å². The summed E-state index contributed by atoms with van der Waals surface area (Å²) in [6, 6.07) is 0. The zero-order chi connectivity index (χ0) is 17.4. The van der Waals surface area contributed by atoms with Crippen molar-refractivity contribution in [2.24, 2.45) is 0 Å². The largest absolute Gasteiger partial charge is 0.344 e. The van der Waals surface area contributed by atoms with Crippen molar-refractivity contribution in [1.82, 2.24) is 5.32 Å². The molecule has 0 aromatic carbocycles. The quantitative estimate of drug-likeness (QED) is 0.421. The van der Waals surface area contributed by atoms with Gasteiger partial charge in [-0.1, -0.05) is 64.2 Å². The Labute approximate surface area is 149 Å². The van der Waals surface area contributed by atoms with E-state index in [4.69, 9.17) is 34.8 Å². The second-order valence-electron chi connectivity index (χ2n) is 5.98. The molecule has 0 aromatic heterocycles. The lowest BCUT2D eigenvalue weighted by Gasteiger charge is -2.28. The van der Waals surface area contributed by atoms with Crippen molar-refractivity contribution < 1.29 is 4.79 Å². The van der Waals surface area contributed by atoms with Gasteiger partial charge in [0.1, 0.15) is 0 Å². The summed E-state index contributed by atoms with van der Waals surface area (Å²) >= 11 is 16.7. The van der Waals surface area contributed by atoms with Crippen molar-refractivity contribution in [3.05, 3.63) is 36.0 Å². The van der Waals surface area contributed by atoms with Gasteiger partial charge in [-0.3, -0.25) is 4.79 Å². The van der Waals surface area contributed by atoms with Crippen LogP contribution in [0.3, 0.4) is 0 Å². The summed E-state index contributed by atoms with van der Waals surface area (Å²) in [7, 11) is 0. The lowest BCUT2D eigenvalue weighted by atomic mass is 9.94. The van der Waals surface area contributed by atoms with Crippen molar-refractivity contribution in [1.29, 1.82) is 0 Å². The summed E-state index contributed by atoms with van der Waals surface area (Å²) in [6.45, 7) is 11.9. The Balaban J connectivity index is 4.47. The highest BCUT2D eigenvalue weighted by Gasteiger charge is 2.34. The first-order valence-electron chi connectivity index (χ1n) is 7.32. The van der Waals surface area contributed by atoms with Crippen LogP contribution in [-0.2, 0) is 4.79 Å². The van der Waals surface area contributed by atoms with Gasteiger partial charge in [0, 0.05) is 0 Å². The van der Waals surface area contributed by atoms with Gasteiger partial charge in [0.05, 0.1) is 5.54 Å². The minimum absolute atomic E-state index is 0.600. The van der Waals surface area contributed by atoms with E-state index in [-0.39, 0.29) is 0 Å². The summed E-state index contributed by atoms with van der Waals surface area (Å²) in [5.41, 5.74) is 2.07. The predicted octanol–water partition coefficient (Wildman–Crippen LogP) is 5.89. The summed E-state index contributed by atoms with van der Waals surface area (Å²) < 4.78 is -1.96. The molecule has 22 heavy (non-hydrogen) atoms. The molecule has 1 unspecified atom stereocenters. The van der Waals surface area contributed by atoms with E-state index in [1.54, 1.807) is 6.08 Å². The van der Waals surface area contributed by atoms with Gasteiger partial charge in [-0.15, -0.1) is 6.58 Å². The van der Waals surface area contributed by atoms with E-state index in [1.807, 2.05) is 6.92 Å². The lowest BCUT2D eigenvalue weighted by Crippen LogP contribution is -2.48. The van der Waals surface area contributed by atoms with Gasteiger partial charge in [-0.25, -0.2) is 0 Å². The monoisotopic (exact) mass is 365 g/mol. The minimum Gasteiger partial charge on any atom is -0.344 e. The molecule has 0 fully saturated rings. The third-order valence-electron chi connectivity index (χ3n) is 3.35. The van der Waals surface area contributed by atoms with E-state index in [0.717, 1.165) is 19.3 Å². The number of hydrogen-bond acceptors (Lipinski definition) is 1. The standard InChI is InChI=1S/C17H26Cl3NO/c1-6-16(5,21-15(22)17(18,19)20)12-8-11-14(4)10-7-9-13(2)3/h6,9,11H,1,7-8,10,12H2,2-5H3,(H,21,22)/b14-11+. The topological polar surface area (TPSA) is 29.1 Å². The molecular formula is C17H26Cl3NO. The zero-order valence-corrected chi connectivity index (χ0v) is 16.1. The zero-order valence-electron chi connectivity index (χ0n) is 13.8. The fraction of sp³-hybridized carbons (Fsp3) is 0.588. The molecule has 0 saturated carbocycles. The molecule has 1 atom stereocenters. The number of carbonyl (C=O) groups excluding carboxylic acids is 1. The third-order valence-corrected chi connectivity index (χ3v) is 3.87. The highest BCUT2D eigenvalue weighted by molar-refractivity contribution is 6.76. The molecule has 0 radical (unpaired) electrons. The fourth-order valence-electron chi connectivity index (χ4n) is 1.85. The van der Waals surface area contributed by atoms with Crippen LogP contribution in [0, 0.1) is 0 Å². The van der Waals surface area contributed by atoms with E-state index in [2.05, 4.69) is 44.8 Å². The number of alkyl halides is 3. The molecule has 2 nitrogen and oxygen atoms in total. The van der Waals surface area contributed by atoms with Crippen LogP contribution in [0.15, 0.2) is 36.0 Å². The number of nitrogens with one attached hydrogen (secondary N) is 1. The van der Waals surface area contributed by atoms with Gasteiger partial charge in [0.15, 0.2) is 0 Å².